The Labute approximate surface area is 121 Å². The summed E-state index contributed by atoms with van der Waals surface area (Å²) < 4.78 is 1.60. The van der Waals surface area contributed by atoms with Crippen molar-refractivity contribution in [2.75, 3.05) is 0 Å². The van der Waals surface area contributed by atoms with Gasteiger partial charge in [0.2, 0.25) is 0 Å². The van der Waals surface area contributed by atoms with Crippen LogP contribution in [0.5, 0.6) is 0 Å². The molecular weight excluding hydrogens is 280 g/mol. The fourth-order valence-corrected chi connectivity index (χ4v) is 1.88. The molecule has 0 aliphatic heterocycles. The van der Waals surface area contributed by atoms with Crippen molar-refractivity contribution < 1.29 is 4.92 Å². The van der Waals surface area contributed by atoms with Crippen molar-refractivity contribution in [2.24, 2.45) is 0 Å². The second kappa shape index (κ2) is 6.02. The van der Waals surface area contributed by atoms with Crippen molar-refractivity contribution in [2.45, 2.75) is 26.4 Å². The summed E-state index contributed by atoms with van der Waals surface area (Å²) in [6, 6.07) is 6.85. The highest BCUT2D eigenvalue weighted by Crippen LogP contribution is 2.26. The fraction of sp³-hybridized carbons (Fsp3) is 0.308. The molecule has 1 aromatic carbocycles. The van der Waals surface area contributed by atoms with E-state index in [1.54, 1.807) is 16.9 Å². The normalized spacial score (nSPS) is 11.0. The first-order valence-electron chi connectivity index (χ1n) is 6.19. The highest BCUT2D eigenvalue weighted by atomic mass is 35.5. The molecule has 1 heterocycles. The van der Waals surface area contributed by atoms with Gasteiger partial charge in [-0.05, 0) is 18.2 Å². The summed E-state index contributed by atoms with van der Waals surface area (Å²) >= 11 is 5.79. The summed E-state index contributed by atoms with van der Waals surface area (Å²) in [5, 5.41) is 18.6. The van der Waals surface area contributed by atoms with Crippen LogP contribution in [-0.2, 0) is 6.54 Å². The molecule has 0 bridgehead atoms. The van der Waals surface area contributed by atoms with E-state index in [1.807, 2.05) is 6.07 Å². The first kappa shape index (κ1) is 14.5. The highest BCUT2D eigenvalue weighted by Gasteiger charge is 2.14. The lowest BCUT2D eigenvalue weighted by atomic mass is 10.3. The Balaban J connectivity index is 2.24. The molecule has 7 heteroatoms. The molecule has 2 aromatic rings. The second-order valence-corrected chi connectivity index (χ2v) is 5.09. The van der Waals surface area contributed by atoms with Crippen LogP contribution in [0.25, 0.3) is 5.69 Å². The molecule has 2 rings (SSSR count). The summed E-state index contributed by atoms with van der Waals surface area (Å²) in [5.74, 6) is 0. The standard InChI is InChI=1S/C13H15ClN4O2/c1-9(2)15-8-10-5-6-17(16-10)11-3-4-12(14)13(7-11)18(19)20/h3-7,9,15H,8H2,1-2H3. The van der Waals surface area contributed by atoms with Gasteiger partial charge in [-0.3, -0.25) is 10.1 Å². The van der Waals surface area contributed by atoms with Gasteiger partial charge in [-0.25, -0.2) is 4.68 Å². The van der Waals surface area contributed by atoms with E-state index >= 15 is 0 Å². The van der Waals surface area contributed by atoms with Crippen molar-refractivity contribution in [1.82, 2.24) is 15.1 Å². The predicted octanol–water partition coefficient (Wildman–Crippen LogP) is 2.93. The van der Waals surface area contributed by atoms with Gasteiger partial charge in [-0.1, -0.05) is 25.4 Å². The number of hydrogen-bond acceptors (Lipinski definition) is 4. The molecular formula is C13H15ClN4O2. The van der Waals surface area contributed by atoms with Crippen LogP contribution < -0.4 is 5.32 Å². The largest absolute Gasteiger partial charge is 0.309 e. The second-order valence-electron chi connectivity index (χ2n) is 4.68. The van der Waals surface area contributed by atoms with Crippen LogP contribution in [0.1, 0.15) is 19.5 Å². The summed E-state index contributed by atoms with van der Waals surface area (Å²) in [6.07, 6.45) is 1.77. The van der Waals surface area contributed by atoms with Crippen LogP contribution in [0.15, 0.2) is 30.5 Å². The minimum Gasteiger partial charge on any atom is -0.309 e. The number of nitro benzene ring substituents is 1. The maximum atomic E-state index is 10.9. The monoisotopic (exact) mass is 294 g/mol. The maximum absolute atomic E-state index is 10.9. The number of nitrogens with zero attached hydrogens (tertiary/aromatic N) is 3. The molecule has 0 amide bonds. The Kier molecular flexibility index (Phi) is 4.36. The molecule has 0 spiro atoms. The Morgan fingerprint density at radius 2 is 2.20 bits per heavy atom. The Morgan fingerprint density at radius 1 is 1.45 bits per heavy atom. The van der Waals surface area contributed by atoms with Gasteiger partial charge in [-0.2, -0.15) is 5.10 Å². The third-order valence-electron chi connectivity index (χ3n) is 2.73. The van der Waals surface area contributed by atoms with Crippen molar-refractivity contribution in [3.63, 3.8) is 0 Å². The Bertz CT molecular complexity index is 625. The summed E-state index contributed by atoms with van der Waals surface area (Å²) in [4.78, 5) is 10.4. The van der Waals surface area contributed by atoms with Crippen LogP contribution in [0.2, 0.25) is 5.02 Å². The van der Waals surface area contributed by atoms with Crippen LogP contribution in [0.4, 0.5) is 5.69 Å². The number of nitrogens with one attached hydrogen (secondary N) is 1. The number of halogens is 1. The lowest BCUT2D eigenvalue weighted by Gasteiger charge is -2.05. The molecule has 106 valence electrons. The van der Waals surface area contributed by atoms with E-state index in [0.717, 1.165) is 5.69 Å². The quantitative estimate of drug-likeness (QED) is 0.680. The number of rotatable bonds is 5. The van der Waals surface area contributed by atoms with E-state index in [4.69, 9.17) is 11.6 Å². The van der Waals surface area contributed by atoms with E-state index in [1.165, 1.54) is 12.1 Å². The fourth-order valence-electron chi connectivity index (χ4n) is 1.69. The highest BCUT2D eigenvalue weighted by molar-refractivity contribution is 6.32. The first-order valence-corrected chi connectivity index (χ1v) is 6.57. The molecule has 1 aromatic heterocycles. The molecule has 0 atom stereocenters. The SMILES string of the molecule is CC(C)NCc1ccn(-c2ccc(Cl)c([N+](=O)[O-])c2)n1. The van der Waals surface area contributed by atoms with Gasteiger partial charge in [0.05, 0.1) is 16.3 Å². The van der Waals surface area contributed by atoms with Crippen molar-refractivity contribution in [3.8, 4) is 5.69 Å². The van der Waals surface area contributed by atoms with Crippen molar-refractivity contribution in [1.29, 1.82) is 0 Å². The Morgan fingerprint density at radius 3 is 2.85 bits per heavy atom. The zero-order chi connectivity index (χ0) is 14.7. The smallest absolute Gasteiger partial charge is 0.290 e. The van der Waals surface area contributed by atoms with Crippen molar-refractivity contribution in [3.05, 3.63) is 51.3 Å². The molecule has 20 heavy (non-hydrogen) atoms. The lowest BCUT2D eigenvalue weighted by molar-refractivity contribution is -0.384. The van der Waals surface area contributed by atoms with Crippen LogP contribution >= 0.6 is 11.6 Å². The first-order chi connectivity index (χ1) is 9.47. The number of nitro groups is 1. The van der Waals surface area contributed by atoms with Crippen LogP contribution in [0.3, 0.4) is 0 Å². The molecule has 0 saturated carbocycles. The molecule has 0 saturated heterocycles. The third-order valence-corrected chi connectivity index (χ3v) is 3.05. The third kappa shape index (κ3) is 3.34. The van der Waals surface area contributed by atoms with E-state index in [-0.39, 0.29) is 10.7 Å². The minimum atomic E-state index is -0.503. The van der Waals surface area contributed by atoms with Gasteiger partial charge < -0.3 is 5.32 Å². The molecule has 1 N–H and O–H groups in total. The molecule has 0 unspecified atom stereocenters. The molecule has 0 aliphatic carbocycles. The molecule has 0 fully saturated rings. The summed E-state index contributed by atoms with van der Waals surface area (Å²) in [5.41, 5.74) is 1.36. The maximum Gasteiger partial charge on any atom is 0.290 e. The van der Waals surface area contributed by atoms with Crippen molar-refractivity contribution >= 4 is 17.3 Å². The van der Waals surface area contributed by atoms with Crippen LogP contribution in [-0.4, -0.2) is 20.7 Å². The number of aromatic nitrogens is 2. The van der Waals surface area contributed by atoms with Gasteiger partial charge in [0.25, 0.3) is 5.69 Å². The summed E-state index contributed by atoms with van der Waals surface area (Å²) in [6.45, 7) is 4.76. The van der Waals surface area contributed by atoms with E-state index in [9.17, 15) is 10.1 Å². The lowest BCUT2D eigenvalue weighted by Crippen LogP contribution is -2.22. The van der Waals surface area contributed by atoms with Gasteiger partial charge in [-0.15, -0.1) is 0 Å². The topological polar surface area (TPSA) is 73.0 Å². The number of hydrogen-bond donors (Lipinski definition) is 1. The zero-order valence-corrected chi connectivity index (χ0v) is 12.0. The molecule has 6 nitrogen and oxygen atoms in total. The molecule has 0 aliphatic rings. The Hall–Kier alpha value is -1.92. The van der Waals surface area contributed by atoms with E-state index in [2.05, 4.69) is 24.3 Å². The van der Waals surface area contributed by atoms with Crippen LogP contribution in [0, 0.1) is 10.1 Å². The number of benzene rings is 1. The van der Waals surface area contributed by atoms with Gasteiger partial charge in [0.1, 0.15) is 5.02 Å². The van der Waals surface area contributed by atoms with E-state index < -0.39 is 4.92 Å². The predicted molar refractivity (Wildman–Crippen MR) is 77.2 cm³/mol. The zero-order valence-electron chi connectivity index (χ0n) is 11.2. The average Bonchev–Trinajstić information content (AvgIpc) is 2.85. The van der Waals surface area contributed by atoms with Gasteiger partial charge >= 0.3 is 0 Å². The minimum absolute atomic E-state index is 0.118. The van der Waals surface area contributed by atoms with Gasteiger partial charge in [0, 0.05) is 24.8 Å². The molecule has 0 radical (unpaired) electrons. The summed E-state index contributed by atoms with van der Waals surface area (Å²) in [7, 11) is 0. The average molecular weight is 295 g/mol. The van der Waals surface area contributed by atoms with E-state index in [0.29, 0.717) is 18.3 Å². The van der Waals surface area contributed by atoms with Gasteiger partial charge in [0.15, 0.2) is 0 Å².